The summed E-state index contributed by atoms with van der Waals surface area (Å²) in [5, 5.41) is 9.54. The van der Waals surface area contributed by atoms with Crippen molar-refractivity contribution < 1.29 is 19.3 Å². The van der Waals surface area contributed by atoms with Gasteiger partial charge in [0.05, 0.1) is 25.8 Å². The zero-order valence-corrected chi connectivity index (χ0v) is 10.4. The Balaban J connectivity index is 1.69. The van der Waals surface area contributed by atoms with Gasteiger partial charge in [-0.15, -0.1) is 0 Å². The van der Waals surface area contributed by atoms with Crippen LogP contribution in [0.15, 0.2) is 30.3 Å². The number of hydrogen-bond donors (Lipinski definition) is 1. The molecule has 1 aromatic carbocycles. The normalized spacial score (nSPS) is 38.2. The Morgan fingerprint density at radius 3 is 2.83 bits per heavy atom. The molecule has 4 atom stereocenters. The summed E-state index contributed by atoms with van der Waals surface area (Å²) in [5.74, 6) is 0. The van der Waals surface area contributed by atoms with Crippen molar-refractivity contribution in [3.63, 3.8) is 0 Å². The lowest BCUT2D eigenvalue weighted by molar-refractivity contribution is -0.141. The third kappa shape index (κ3) is 1.87. The topological polar surface area (TPSA) is 47.9 Å². The Labute approximate surface area is 107 Å². The van der Waals surface area contributed by atoms with Crippen molar-refractivity contribution in [2.24, 2.45) is 0 Å². The van der Waals surface area contributed by atoms with E-state index in [1.165, 1.54) is 0 Å². The largest absolute Gasteiger partial charge is 0.393 e. The van der Waals surface area contributed by atoms with Gasteiger partial charge in [0.25, 0.3) is 0 Å². The van der Waals surface area contributed by atoms with Crippen molar-refractivity contribution in [1.82, 2.24) is 0 Å². The fraction of sp³-hybridized carbons (Fsp3) is 0.538. The van der Waals surface area contributed by atoms with Gasteiger partial charge < -0.3 is 19.3 Å². The molecule has 18 heavy (non-hydrogen) atoms. The van der Waals surface area contributed by atoms with E-state index in [0.717, 1.165) is 5.56 Å². The summed E-state index contributed by atoms with van der Waals surface area (Å²) in [4.78, 5) is 0. The summed E-state index contributed by atoms with van der Waals surface area (Å²) in [6, 6.07) is 9.97. The molecule has 2 bridgehead atoms. The summed E-state index contributed by atoms with van der Waals surface area (Å²) >= 11 is 0. The molecule has 0 saturated carbocycles. The maximum Gasteiger partial charge on any atom is 0.142 e. The van der Waals surface area contributed by atoms with Crippen LogP contribution in [0.2, 0.25) is 0 Å². The number of benzene rings is 1. The third-order valence-electron chi connectivity index (χ3n) is 3.76. The number of aliphatic hydroxyl groups excluding tert-OH is 1. The van der Waals surface area contributed by atoms with E-state index in [2.05, 4.69) is 0 Å². The molecule has 0 amide bonds. The van der Waals surface area contributed by atoms with Crippen LogP contribution in [0.3, 0.4) is 0 Å². The Bertz CT molecular complexity index is 413. The minimum Gasteiger partial charge on any atom is -0.393 e. The predicted molar refractivity (Wildman–Crippen MR) is 68.0 cm³/mol. The van der Waals surface area contributed by atoms with E-state index in [9.17, 15) is 5.11 Å². The van der Waals surface area contributed by atoms with Gasteiger partial charge in [-0.05, 0) is 5.56 Å². The lowest BCUT2D eigenvalue weighted by Gasteiger charge is -2.28. The molecule has 2 heterocycles. The number of aliphatic hydroxyl groups is 1. The van der Waals surface area contributed by atoms with E-state index in [-0.39, 0.29) is 24.8 Å². The van der Waals surface area contributed by atoms with Crippen LogP contribution in [0, 0.1) is 0 Å². The van der Waals surface area contributed by atoms with Crippen LogP contribution in [-0.4, -0.2) is 50.0 Å². The molecule has 2 aliphatic rings. The van der Waals surface area contributed by atoms with Crippen molar-refractivity contribution in [3.8, 4) is 0 Å². The van der Waals surface area contributed by atoms with Crippen LogP contribution < -0.4 is 0 Å². The lowest BCUT2D eigenvalue weighted by atomic mass is 9.92. The van der Waals surface area contributed by atoms with E-state index < -0.39 is 5.60 Å². The van der Waals surface area contributed by atoms with Crippen molar-refractivity contribution in [1.29, 1.82) is 0 Å². The average Bonchev–Trinajstić information content (AvgIpc) is 2.89. The lowest BCUT2D eigenvalue weighted by Crippen LogP contribution is -2.45. The van der Waals surface area contributed by atoms with Crippen molar-refractivity contribution >= 4 is 7.85 Å². The summed E-state index contributed by atoms with van der Waals surface area (Å²) in [6.45, 7) is 0.870. The highest BCUT2D eigenvalue weighted by molar-refractivity contribution is 6.11. The quantitative estimate of drug-likeness (QED) is 0.742. The maximum absolute atomic E-state index is 9.54. The molecule has 0 aromatic heterocycles. The molecule has 4 nitrogen and oxygen atoms in total. The molecule has 1 N–H and O–H groups in total. The van der Waals surface area contributed by atoms with Crippen LogP contribution in [0.4, 0.5) is 0 Å². The molecule has 96 valence electrons. The van der Waals surface area contributed by atoms with Gasteiger partial charge in [0.2, 0.25) is 0 Å². The minimum atomic E-state index is -0.668. The summed E-state index contributed by atoms with van der Waals surface area (Å²) in [7, 11) is 1.96. The average molecular weight is 248 g/mol. The van der Waals surface area contributed by atoms with Crippen LogP contribution in [0.1, 0.15) is 5.56 Å². The molecule has 1 aromatic rings. The van der Waals surface area contributed by atoms with Crippen LogP contribution in [0.5, 0.6) is 0 Å². The second-order valence-electron chi connectivity index (χ2n) is 5.04. The first kappa shape index (κ1) is 12.2. The molecule has 3 rings (SSSR count). The van der Waals surface area contributed by atoms with Crippen LogP contribution in [-0.2, 0) is 20.8 Å². The highest BCUT2D eigenvalue weighted by Gasteiger charge is 2.60. The smallest absolute Gasteiger partial charge is 0.142 e. The Hall–Kier alpha value is -0.875. The summed E-state index contributed by atoms with van der Waals surface area (Å²) in [6.07, 6.45) is -0.251. The zero-order chi connectivity index (χ0) is 12.6. The molecule has 0 aliphatic carbocycles. The molecular formula is C13H17BO4. The fourth-order valence-corrected chi connectivity index (χ4v) is 2.81. The number of rotatable bonds is 4. The fourth-order valence-electron chi connectivity index (χ4n) is 2.81. The number of hydrogen-bond acceptors (Lipinski definition) is 4. The Kier molecular flexibility index (Phi) is 3.15. The van der Waals surface area contributed by atoms with E-state index >= 15 is 0 Å². The van der Waals surface area contributed by atoms with Crippen molar-refractivity contribution in [3.05, 3.63) is 35.9 Å². The number of fused-ring (bicyclic) bond motifs is 2. The highest BCUT2D eigenvalue weighted by atomic mass is 16.7. The molecule has 2 fully saturated rings. The maximum atomic E-state index is 9.54. The molecule has 5 heteroatoms. The van der Waals surface area contributed by atoms with Crippen LogP contribution >= 0.6 is 0 Å². The van der Waals surface area contributed by atoms with Gasteiger partial charge in [0.15, 0.2) is 0 Å². The summed E-state index contributed by atoms with van der Waals surface area (Å²) < 4.78 is 17.4. The summed E-state index contributed by atoms with van der Waals surface area (Å²) in [5.41, 5.74) is 0.448. The second-order valence-corrected chi connectivity index (χ2v) is 5.04. The van der Waals surface area contributed by atoms with Gasteiger partial charge in [-0.1, -0.05) is 30.3 Å². The predicted octanol–water partition coefficient (Wildman–Crippen LogP) is -0.309. The van der Waals surface area contributed by atoms with E-state index in [1.54, 1.807) is 0 Å². The highest BCUT2D eigenvalue weighted by Crippen LogP contribution is 2.40. The van der Waals surface area contributed by atoms with E-state index in [1.807, 2.05) is 38.2 Å². The van der Waals surface area contributed by atoms with Crippen molar-refractivity contribution in [2.45, 2.75) is 30.4 Å². The standard InChI is InChI=1S/C13H17BO4/c14-12-10-11(13(7-15,18-12)8-17-10)16-6-9-4-2-1-3-5-9/h1-5,10-12,15H,6-8,14H2/t10?,11-,12-,13+/m1/s1. The van der Waals surface area contributed by atoms with Gasteiger partial charge in [0.1, 0.15) is 25.7 Å². The zero-order valence-electron chi connectivity index (χ0n) is 10.4. The first-order valence-corrected chi connectivity index (χ1v) is 6.31. The number of ether oxygens (including phenoxy) is 3. The Morgan fingerprint density at radius 1 is 1.39 bits per heavy atom. The monoisotopic (exact) mass is 248 g/mol. The molecule has 0 radical (unpaired) electrons. The van der Waals surface area contributed by atoms with Gasteiger partial charge in [-0.2, -0.15) is 0 Å². The first-order valence-electron chi connectivity index (χ1n) is 6.31. The minimum absolute atomic E-state index is 0.0216. The SMILES string of the molecule is B[C@@H]1O[C@@]2(CO)COC1[C@H]2OCc1ccccc1. The second kappa shape index (κ2) is 4.66. The molecule has 2 aliphatic heterocycles. The van der Waals surface area contributed by atoms with Crippen molar-refractivity contribution in [2.75, 3.05) is 13.2 Å². The first-order chi connectivity index (χ1) is 8.75. The van der Waals surface area contributed by atoms with Gasteiger partial charge in [0, 0.05) is 0 Å². The van der Waals surface area contributed by atoms with Gasteiger partial charge >= 0.3 is 0 Å². The molecule has 1 unspecified atom stereocenters. The van der Waals surface area contributed by atoms with Gasteiger partial charge in [-0.25, -0.2) is 0 Å². The van der Waals surface area contributed by atoms with E-state index in [4.69, 9.17) is 14.2 Å². The van der Waals surface area contributed by atoms with Gasteiger partial charge in [-0.3, -0.25) is 0 Å². The molecule has 0 spiro atoms. The Morgan fingerprint density at radius 2 is 2.17 bits per heavy atom. The van der Waals surface area contributed by atoms with E-state index in [0.29, 0.717) is 13.2 Å². The molecule has 2 saturated heterocycles. The molecular weight excluding hydrogens is 231 g/mol. The third-order valence-corrected chi connectivity index (χ3v) is 3.76. The van der Waals surface area contributed by atoms with Crippen LogP contribution in [0.25, 0.3) is 0 Å².